The number of esters is 1. The summed E-state index contributed by atoms with van der Waals surface area (Å²) in [6.07, 6.45) is 0.924. The van der Waals surface area contributed by atoms with Gasteiger partial charge in [0.1, 0.15) is 0 Å². The van der Waals surface area contributed by atoms with Gasteiger partial charge in [0, 0.05) is 5.54 Å². The van der Waals surface area contributed by atoms with Crippen LogP contribution in [0.3, 0.4) is 0 Å². The van der Waals surface area contributed by atoms with Gasteiger partial charge in [-0.25, -0.2) is 0 Å². The summed E-state index contributed by atoms with van der Waals surface area (Å²) in [4.78, 5) is 13.8. The highest BCUT2D eigenvalue weighted by molar-refractivity contribution is 5.74. The summed E-state index contributed by atoms with van der Waals surface area (Å²) in [7, 11) is 1.47. The molecule has 1 rings (SSSR count). The van der Waals surface area contributed by atoms with Gasteiger partial charge in [0.05, 0.1) is 13.0 Å². The fourth-order valence-corrected chi connectivity index (χ4v) is 2.26. The van der Waals surface area contributed by atoms with Crippen LogP contribution in [0, 0.1) is 5.92 Å². The molecule has 3 heteroatoms. The molecule has 0 aromatic rings. The Hall–Kier alpha value is -0.570. The van der Waals surface area contributed by atoms with Gasteiger partial charge in [0.15, 0.2) is 0 Å². The van der Waals surface area contributed by atoms with E-state index < -0.39 is 0 Å². The summed E-state index contributed by atoms with van der Waals surface area (Å²) >= 11 is 0. The largest absolute Gasteiger partial charge is 0.469 e. The first kappa shape index (κ1) is 10.5. The summed E-state index contributed by atoms with van der Waals surface area (Å²) in [5, 5.41) is 0. The van der Waals surface area contributed by atoms with Gasteiger partial charge in [-0.3, -0.25) is 9.69 Å². The van der Waals surface area contributed by atoms with Crippen LogP contribution in [-0.4, -0.2) is 36.6 Å². The molecule has 0 N–H and O–H groups in total. The Labute approximate surface area is 80.1 Å². The molecule has 0 amide bonds. The standard InChI is InChI=1S/C10H19NO2/c1-5-11-7-6-8(9(12)13-4)10(11,2)3/h8H,5-7H2,1-4H3. The minimum absolute atomic E-state index is 0.0393. The van der Waals surface area contributed by atoms with Crippen molar-refractivity contribution in [2.45, 2.75) is 32.7 Å². The number of rotatable bonds is 2. The average molecular weight is 185 g/mol. The Morgan fingerprint density at radius 3 is 2.62 bits per heavy atom. The number of likely N-dealkylation sites (tertiary alicyclic amines) is 1. The Morgan fingerprint density at radius 2 is 2.23 bits per heavy atom. The molecule has 1 unspecified atom stereocenters. The molecule has 1 heterocycles. The van der Waals surface area contributed by atoms with Gasteiger partial charge < -0.3 is 4.74 Å². The molecule has 0 radical (unpaired) electrons. The Morgan fingerprint density at radius 1 is 1.62 bits per heavy atom. The van der Waals surface area contributed by atoms with Crippen LogP contribution in [0.5, 0.6) is 0 Å². The SMILES string of the molecule is CCN1CCC(C(=O)OC)C1(C)C. The molecule has 0 aromatic heterocycles. The third-order valence-corrected chi connectivity index (χ3v) is 3.22. The molecular weight excluding hydrogens is 166 g/mol. The van der Waals surface area contributed by atoms with E-state index in [1.807, 2.05) is 0 Å². The number of carbonyl (C=O) groups excluding carboxylic acids is 1. The third kappa shape index (κ3) is 1.70. The van der Waals surface area contributed by atoms with Crippen LogP contribution in [0.15, 0.2) is 0 Å². The number of carbonyl (C=O) groups is 1. The molecule has 1 fully saturated rings. The quantitative estimate of drug-likeness (QED) is 0.607. The highest BCUT2D eigenvalue weighted by Gasteiger charge is 2.44. The molecule has 13 heavy (non-hydrogen) atoms. The van der Waals surface area contributed by atoms with Gasteiger partial charge in [-0.05, 0) is 33.4 Å². The molecule has 1 aliphatic heterocycles. The summed E-state index contributed by atoms with van der Waals surface area (Å²) in [6, 6.07) is 0. The zero-order chi connectivity index (χ0) is 10.1. The first-order valence-electron chi connectivity index (χ1n) is 4.87. The molecule has 0 spiro atoms. The number of ether oxygens (including phenoxy) is 1. The molecule has 0 bridgehead atoms. The maximum atomic E-state index is 11.4. The summed E-state index contributed by atoms with van der Waals surface area (Å²) in [5.41, 5.74) is -0.0398. The van der Waals surface area contributed by atoms with Gasteiger partial charge in [-0.2, -0.15) is 0 Å². The fraction of sp³-hybridized carbons (Fsp3) is 0.900. The van der Waals surface area contributed by atoms with Gasteiger partial charge in [0.25, 0.3) is 0 Å². The lowest BCUT2D eigenvalue weighted by Crippen LogP contribution is -2.45. The molecule has 1 atom stereocenters. The lowest BCUT2D eigenvalue weighted by molar-refractivity contribution is -0.147. The van der Waals surface area contributed by atoms with Crippen molar-refractivity contribution in [3.05, 3.63) is 0 Å². The molecule has 0 aliphatic carbocycles. The summed E-state index contributed by atoms with van der Waals surface area (Å²) in [6.45, 7) is 8.36. The fourth-order valence-electron chi connectivity index (χ4n) is 2.26. The monoisotopic (exact) mass is 185 g/mol. The molecule has 76 valence electrons. The normalized spacial score (nSPS) is 27.5. The van der Waals surface area contributed by atoms with Crippen LogP contribution in [0.1, 0.15) is 27.2 Å². The maximum absolute atomic E-state index is 11.4. The second-order valence-corrected chi connectivity index (χ2v) is 4.10. The van der Waals surface area contributed by atoms with Gasteiger partial charge in [-0.1, -0.05) is 6.92 Å². The van der Waals surface area contributed by atoms with Gasteiger partial charge >= 0.3 is 5.97 Å². The highest BCUT2D eigenvalue weighted by Crippen LogP contribution is 2.34. The summed E-state index contributed by atoms with van der Waals surface area (Å²) < 4.78 is 4.80. The molecular formula is C10H19NO2. The van der Waals surface area contributed by atoms with Crippen molar-refractivity contribution in [2.24, 2.45) is 5.92 Å². The van der Waals surface area contributed by atoms with Crippen LogP contribution >= 0.6 is 0 Å². The van der Waals surface area contributed by atoms with E-state index in [2.05, 4.69) is 25.7 Å². The average Bonchev–Trinajstić information content (AvgIpc) is 2.39. The van der Waals surface area contributed by atoms with E-state index in [0.29, 0.717) is 0 Å². The first-order chi connectivity index (χ1) is 6.04. The summed E-state index contributed by atoms with van der Waals surface area (Å²) in [5.74, 6) is -0.0293. The number of nitrogens with zero attached hydrogens (tertiary/aromatic N) is 1. The van der Waals surface area contributed by atoms with E-state index in [1.165, 1.54) is 7.11 Å². The smallest absolute Gasteiger partial charge is 0.310 e. The maximum Gasteiger partial charge on any atom is 0.310 e. The minimum Gasteiger partial charge on any atom is -0.469 e. The lowest BCUT2D eigenvalue weighted by Gasteiger charge is -2.33. The lowest BCUT2D eigenvalue weighted by atomic mass is 9.88. The molecule has 3 nitrogen and oxygen atoms in total. The van der Waals surface area contributed by atoms with E-state index in [1.54, 1.807) is 0 Å². The highest BCUT2D eigenvalue weighted by atomic mass is 16.5. The van der Waals surface area contributed by atoms with Crippen molar-refractivity contribution in [3.63, 3.8) is 0 Å². The van der Waals surface area contributed by atoms with Gasteiger partial charge in [0.2, 0.25) is 0 Å². The van der Waals surface area contributed by atoms with E-state index in [-0.39, 0.29) is 17.4 Å². The Bertz CT molecular complexity index is 201. The van der Waals surface area contributed by atoms with E-state index >= 15 is 0 Å². The van der Waals surface area contributed by atoms with Gasteiger partial charge in [-0.15, -0.1) is 0 Å². The zero-order valence-electron chi connectivity index (χ0n) is 8.96. The molecule has 1 saturated heterocycles. The predicted molar refractivity (Wildman–Crippen MR) is 51.4 cm³/mol. The van der Waals surface area contributed by atoms with E-state index in [4.69, 9.17) is 4.74 Å². The second kappa shape index (κ2) is 3.66. The minimum atomic E-state index is -0.0686. The van der Waals surface area contributed by atoms with E-state index in [9.17, 15) is 4.79 Å². The predicted octanol–water partition coefficient (Wildman–Crippen LogP) is 1.28. The molecule has 0 aromatic carbocycles. The Kier molecular flexibility index (Phi) is 2.96. The van der Waals surface area contributed by atoms with Crippen LogP contribution in [0.4, 0.5) is 0 Å². The molecule has 0 saturated carbocycles. The molecule has 1 aliphatic rings. The van der Waals surface area contributed by atoms with Crippen LogP contribution in [-0.2, 0) is 9.53 Å². The van der Waals surface area contributed by atoms with Crippen molar-refractivity contribution < 1.29 is 9.53 Å². The Balaban J connectivity index is 2.75. The van der Waals surface area contributed by atoms with Crippen LogP contribution < -0.4 is 0 Å². The number of methoxy groups -OCH3 is 1. The van der Waals surface area contributed by atoms with Crippen molar-refractivity contribution in [2.75, 3.05) is 20.2 Å². The zero-order valence-corrected chi connectivity index (χ0v) is 8.96. The topological polar surface area (TPSA) is 29.5 Å². The first-order valence-corrected chi connectivity index (χ1v) is 4.87. The van der Waals surface area contributed by atoms with Crippen molar-refractivity contribution in [1.29, 1.82) is 0 Å². The van der Waals surface area contributed by atoms with Crippen molar-refractivity contribution in [1.82, 2.24) is 4.90 Å². The van der Waals surface area contributed by atoms with Crippen LogP contribution in [0.2, 0.25) is 0 Å². The van der Waals surface area contributed by atoms with Crippen LogP contribution in [0.25, 0.3) is 0 Å². The number of hydrogen-bond acceptors (Lipinski definition) is 3. The van der Waals surface area contributed by atoms with Crippen molar-refractivity contribution >= 4 is 5.97 Å². The third-order valence-electron chi connectivity index (χ3n) is 3.22. The van der Waals surface area contributed by atoms with Crippen molar-refractivity contribution in [3.8, 4) is 0 Å². The number of hydrogen-bond donors (Lipinski definition) is 0. The second-order valence-electron chi connectivity index (χ2n) is 4.10. The van der Waals surface area contributed by atoms with E-state index in [0.717, 1.165) is 19.5 Å².